The first-order valence-corrected chi connectivity index (χ1v) is 4.77. The first-order valence-electron chi connectivity index (χ1n) is 4.77. The molecule has 1 aromatic heterocycles. The van der Waals surface area contributed by atoms with E-state index >= 15 is 0 Å². The minimum absolute atomic E-state index is 0.0255. The lowest BCUT2D eigenvalue weighted by molar-refractivity contribution is 0.318. The van der Waals surface area contributed by atoms with Crippen LogP contribution in [0.3, 0.4) is 0 Å². The first-order chi connectivity index (χ1) is 7.24. The Morgan fingerprint density at radius 3 is 2.73 bits per heavy atom. The monoisotopic (exact) mass is 209 g/mol. The molecule has 0 saturated heterocycles. The molecule has 0 atom stereocenters. The molecule has 0 amide bonds. The van der Waals surface area contributed by atoms with Gasteiger partial charge in [0.2, 0.25) is 0 Å². The van der Waals surface area contributed by atoms with Gasteiger partial charge in [0.05, 0.1) is 5.56 Å². The van der Waals surface area contributed by atoms with Crippen molar-refractivity contribution in [2.45, 2.75) is 13.8 Å². The second-order valence-electron chi connectivity index (χ2n) is 2.92. The fourth-order valence-corrected chi connectivity index (χ4v) is 1.33. The lowest BCUT2D eigenvalue weighted by atomic mass is 10.2. The highest BCUT2D eigenvalue weighted by Gasteiger charge is 2.12. The summed E-state index contributed by atoms with van der Waals surface area (Å²) < 4.78 is 0. The van der Waals surface area contributed by atoms with Crippen LogP contribution in [0.1, 0.15) is 19.4 Å². The van der Waals surface area contributed by atoms with Crippen LogP contribution in [0.4, 0.5) is 5.82 Å². The van der Waals surface area contributed by atoms with Crippen LogP contribution in [0.25, 0.3) is 0 Å². The van der Waals surface area contributed by atoms with E-state index in [1.54, 1.807) is 0 Å². The normalized spacial score (nSPS) is 11.5. The van der Waals surface area contributed by atoms with E-state index in [0.29, 0.717) is 11.4 Å². The predicted octanol–water partition coefficient (Wildman–Crippen LogP) is 0.417. The third-order valence-electron chi connectivity index (χ3n) is 2.14. The Hall–Kier alpha value is -1.85. The third kappa shape index (κ3) is 2.34. The molecular formula is C9H15N5O. The largest absolute Gasteiger partial charge is 0.409 e. The Labute approximate surface area is 88.4 Å². The van der Waals surface area contributed by atoms with Gasteiger partial charge in [-0.1, -0.05) is 5.16 Å². The predicted molar refractivity (Wildman–Crippen MR) is 58.1 cm³/mol. The van der Waals surface area contributed by atoms with Crippen LogP contribution >= 0.6 is 0 Å². The van der Waals surface area contributed by atoms with Crippen LogP contribution in [-0.2, 0) is 0 Å². The highest BCUT2D eigenvalue weighted by molar-refractivity contribution is 6.01. The summed E-state index contributed by atoms with van der Waals surface area (Å²) in [6.07, 6.45) is 2.98. The molecule has 0 aliphatic rings. The molecule has 0 radical (unpaired) electrons. The molecule has 0 fully saturated rings. The average molecular weight is 209 g/mol. The van der Waals surface area contributed by atoms with E-state index in [4.69, 9.17) is 10.9 Å². The maximum Gasteiger partial charge on any atom is 0.175 e. The number of amidine groups is 1. The Kier molecular flexibility index (Phi) is 3.84. The quantitative estimate of drug-likeness (QED) is 0.325. The van der Waals surface area contributed by atoms with Crippen molar-refractivity contribution in [2.24, 2.45) is 10.9 Å². The van der Waals surface area contributed by atoms with Gasteiger partial charge in [-0.25, -0.2) is 9.97 Å². The summed E-state index contributed by atoms with van der Waals surface area (Å²) in [5.74, 6) is 0.711. The molecule has 1 rings (SSSR count). The van der Waals surface area contributed by atoms with Gasteiger partial charge >= 0.3 is 0 Å². The Balaban J connectivity index is 3.16. The van der Waals surface area contributed by atoms with Gasteiger partial charge < -0.3 is 15.8 Å². The molecule has 0 aliphatic heterocycles. The second-order valence-corrected chi connectivity index (χ2v) is 2.92. The highest BCUT2D eigenvalue weighted by atomic mass is 16.4. The molecule has 0 bridgehead atoms. The fourth-order valence-electron chi connectivity index (χ4n) is 1.33. The number of nitrogens with two attached hydrogens (primary N) is 1. The Bertz CT molecular complexity index is 348. The van der Waals surface area contributed by atoms with Crippen molar-refractivity contribution in [3.05, 3.63) is 18.1 Å². The lowest BCUT2D eigenvalue weighted by Gasteiger charge is -2.21. The van der Waals surface area contributed by atoms with Crippen LogP contribution in [0, 0.1) is 0 Å². The van der Waals surface area contributed by atoms with Crippen molar-refractivity contribution >= 4 is 11.7 Å². The zero-order valence-electron chi connectivity index (χ0n) is 8.88. The summed E-state index contributed by atoms with van der Waals surface area (Å²) in [5.41, 5.74) is 6.08. The van der Waals surface area contributed by atoms with E-state index in [1.165, 1.54) is 12.5 Å². The minimum atomic E-state index is 0.0255. The number of anilines is 1. The number of hydrogen-bond acceptors (Lipinski definition) is 5. The summed E-state index contributed by atoms with van der Waals surface area (Å²) in [6.45, 7) is 5.64. The van der Waals surface area contributed by atoms with E-state index < -0.39 is 0 Å². The van der Waals surface area contributed by atoms with Crippen molar-refractivity contribution in [3.63, 3.8) is 0 Å². The molecule has 15 heavy (non-hydrogen) atoms. The van der Waals surface area contributed by atoms with Gasteiger partial charge in [0.15, 0.2) is 5.84 Å². The van der Waals surface area contributed by atoms with Gasteiger partial charge in [0, 0.05) is 19.3 Å². The molecule has 0 aliphatic carbocycles. The molecule has 0 spiro atoms. The maximum absolute atomic E-state index is 8.63. The zero-order chi connectivity index (χ0) is 11.3. The number of hydrogen-bond donors (Lipinski definition) is 2. The van der Waals surface area contributed by atoms with Crippen LogP contribution in [0.5, 0.6) is 0 Å². The molecule has 0 aromatic carbocycles. The smallest absolute Gasteiger partial charge is 0.175 e. The van der Waals surface area contributed by atoms with Crippen molar-refractivity contribution < 1.29 is 5.21 Å². The fraction of sp³-hybridized carbons (Fsp3) is 0.444. The van der Waals surface area contributed by atoms with Gasteiger partial charge in [0.1, 0.15) is 12.1 Å². The standard InChI is InChI=1S/C9H15N5O/c1-3-14(4-2)9-7(8(10)13-15)5-11-6-12-9/h5-6,15H,3-4H2,1-2H3,(H2,10,13). The van der Waals surface area contributed by atoms with E-state index in [-0.39, 0.29) is 5.84 Å². The minimum Gasteiger partial charge on any atom is -0.409 e. The molecule has 1 aromatic rings. The zero-order valence-corrected chi connectivity index (χ0v) is 8.88. The molecule has 82 valence electrons. The summed E-state index contributed by atoms with van der Waals surface area (Å²) in [7, 11) is 0. The van der Waals surface area contributed by atoms with Crippen molar-refractivity contribution in [1.29, 1.82) is 0 Å². The summed E-state index contributed by atoms with van der Waals surface area (Å²) in [4.78, 5) is 10.00. The van der Waals surface area contributed by atoms with Crippen molar-refractivity contribution in [1.82, 2.24) is 9.97 Å². The molecule has 0 saturated carbocycles. The number of nitrogens with zero attached hydrogens (tertiary/aromatic N) is 4. The van der Waals surface area contributed by atoms with Gasteiger partial charge in [-0.2, -0.15) is 0 Å². The number of oxime groups is 1. The topological polar surface area (TPSA) is 87.6 Å². The van der Waals surface area contributed by atoms with Crippen LogP contribution in [-0.4, -0.2) is 34.1 Å². The van der Waals surface area contributed by atoms with E-state index in [1.807, 2.05) is 18.7 Å². The second kappa shape index (κ2) is 5.14. The molecule has 0 unspecified atom stereocenters. The Morgan fingerprint density at radius 1 is 1.53 bits per heavy atom. The van der Waals surface area contributed by atoms with Crippen molar-refractivity contribution in [2.75, 3.05) is 18.0 Å². The van der Waals surface area contributed by atoms with Gasteiger partial charge in [0.25, 0.3) is 0 Å². The highest BCUT2D eigenvalue weighted by Crippen LogP contribution is 2.14. The lowest BCUT2D eigenvalue weighted by Crippen LogP contribution is -2.27. The third-order valence-corrected chi connectivity index (χ3v) is 2.14. The first kappa shape index (κ1) is 11.2. The molecule has 1 heterocycles. The van der Waals surface area contributed by atoms with E-state index in [0.717, 1.165) is 13.1 Å². The van der Waals surface area contributed by atoms with E-state index in [2.05, 4.69) is 15.1 Å². The van der Waals surface area contributed by atoms with Gasteiger partial charge in [-0.3, -0.25) is 0 Å². The van der Waals surface area contributed by atoms with Gasteiger partial charge in [-0.05, 0) is 13.8 Å². The van der Waals surface area contributed by atoms with E-state index in [9.17, 15) is 0 Å². The Morgan fingerprint density at radius 2 is 2.20 bits per heavy atom. The summed E-state index contributed by atoms with van der Waals surface area (Å²) in [6, 6.07) is 0. The number of rotatable bonds is 4. The maximum atomic E-state index is 8.63. The van der Waals surface area contributed by atoms with Crippen LogP contribution in [0.2, 0.25) is 0 Å². The molecule has 3 N–H and O–H groups in total. The van der Waals surface area contributed by atoms with Crippen molar-refractivity contribution in [3.8, 4) is 0 Å². The van der Waals surface area contributed by atoms with Gasteiger partial charge in [-0.15, -0.1) is 0 Å². The SMILES string of the molecule is CCN(CC)c1ncncc1/C(N)=N\O. The average Bonchev–Trinajstić information content (AvgIpc) is 2.30. The summed E-state index contributed by atoms with van der Waals surface area (Å²) >= 11 is 0. The van der Waals surface area contributed by atoms with Crippen LogP contribution in [0.15, 0.2) is 17.7 Å². The summed E-state index contributed by atoms with van der Waals surface area (Å²) in [5, 5.41) is 11.6. The number of aromatic nitrogens is 2. The van der Waals surface area contributed by atoms with Crippen LogP contribution < -0.4 is 10.6 Å². The molecular weight excluding hydrogens is 194 g/mol. The molecule has 6 nitrogen and oxygen atoms in total. The molecule has 6 heteroatoms.